The highest BCUT2D eigenvalue weighted by Gasteiger charge is 2.11. The van der Waals surface area contributed by atoms with Crippen LogP contribution in [0.5, 0.6) is 0 Å². The van der Waals surface area contributed by atoms with Crippen LogP contribution in [0.1, 0.15) is 6.92 Å². The van der Waals surface area contributed by atoms with E-state index in [2.05, 4.69) is 11.8 Å². The molecule has 52 valence electrons. The van der Waals surface area contributed by atoms with Crippen LogP contribution in [0.2, 0.25) is 0 Å². The Hall–Kier alpha value is -0.180. The number of amidine groups is 1. The quantitative estimate of drug-likeness (QED) is 0.595. The maximum absolute atomic E-state index is 7.45. The minimum atomic E-state index is 0.800. The van der Waals surface area contributed by atoms with E-state index >= 15 is 0 Å². The third kappa shape index (κ3) is 1.61. The van der Waals surface area contributed by atoms with Crippen molar-refractivity contribution >= 4 is 17.6 Å². The summed E-state index contributed by atoms with van der Waals surface area (Å²) in [6.07, 6.45) is 0. The highest BCUT2D eigenvalue weighted by atomic mass is 32.2. The summed E-state index contributed by atoms with van der Waals surface area (Å²) in [6, 6.07) is 0. The summed E-state index contributed by atoms with van der Waals surface area (Å²) in [6.45, 7) is 4.17. The summed E-state index contributed by atoms with van der Waals surface area (Å²) in [4.78, 5) is 2.12. The lowest BCUT2D eigenvalue weighted by Crippen LogP contribution is -2.37. The molecule has 1 fully saturated rings. The fourth-order valence-corrected chi connectivity index (χ4v) is 1.79. The van der Waals surface area contributed by atoms with Crippen LogP contribution < -0.4 is 0 Å². The van der Waals surface area contributed by atoms with E-state index < -0.39 is 0 Å². The molecule has 3 heteroatoms. The molecule has 0 aromatic rings. The van der Waals surface area contributed by atoms with Crippen LogP contribution in [0.3, 0.4) is 0 Å². The van der Waals surface area contributed by atoms with Crippen molar-refractivity contribution in [2.45, 2.75) is 6.92 Å². The molecule has 1 saturated heterocycles. The Balaban J connectivity index is 2.39. The van der Waals surface area contributed by atoms with Gasteiger partial charge in [0, 0.05) is 18.8 Å². The molecule has 1 rings (SSSR count). The fraction of sp³-hybridized carbons (Fsp3) is 0.833. The first-order valence-corrected chi connectivity index (χ1v) is 4.40. The first-order valence-electron chi connectivity index (χ1n) is 3.24. The monoisotopic (exact) mass is 144 g/mol. The number of thioether (sulfide) groups is 1. The third-order valence-corrected chi connectivity index (χ3v) is 2.46. The van der Waals surface area contributed by atoms with Gasteiger partial charge in [-0.3, -0.25) is 5.41 Å². The summed E-state index contributed by atoms with van der Waals surface area (Å²) < 4.78 is 0. The Morgan fingerprint density at radius 1 is 1.78 bits per heavy atom. The zero-order valence-electron chi connectivity index (χ0n) is 5.68. The highest BCUT2D eigenvalue weighted by Crippen LogP contribution is 2.09. The molecule has 2 nitrogen and oxygen atoms in total. The molecule has 1 aliphatic heterocycles. The second-order valence-corrected chi connectivity index (χ2v) is 3.18. The van der Waals surface area contributed by atoms with Gasteiger partial charge >= 0.3 is 0 Å². The largest absolute Gasteiger partial charge is 0.359 e. The second-order valence-electron chi connectivity index (χ2n) is 2.08. The van der Waals surface area contributed by atoms with E-state index in [-0.39, 0.29) is 0 Å². The van der Waals surface area contributed by atoms with Crippen LogP contribution in [0.25, 0.3) is 0 Å². The zero-order valence-corrected chi connectivity index (χ0v) is 6.50. The molecule has 0 aliphatic carbocycles. The van der Waals surface area contributed by atoms with E-state index in [1.165, 1.54) is 5.75 Å². The molecule has 0 bridgehead atoms. The second kappa shape index (κ2) is 3.11. The van der Waals surface area contributed by atoms with Gasteiger partial charge in [0.1, 0.15) is 5.84 Å². The lowest BCUT2D eigenvalue weighted by Gasteiger charge is -2.27. The Morgan fingerprint density at radius 3 is 3.00 bits per heavy atom. The van der Waals surface area contributed by atoms with Gasteiger partial charge in [-0.25, -0.2) is 0 Å². The molecule has 0 aromatic heterocycles. The van der Waals surface area contributed by atoms with E-state index in [9.17, 15) is 0 Å². The maximum Gasteiger partial charge on any atom is 0.106 e. The SMILES string of the molecule is CCN1CCSCC1=N. The molecule has 0 amide bonds. The van der Waals surface area contributed by atoms with Gasteiger partial charge in [0.05, 0.1) is 5.75 Å². The van der Waals surface area contributed by atoms with E-state index in [0.29, 0.717) is 0 Å². The van der Waals surface area contributed by atoms with Gasteiger partial charge in [0.25, 0.3) is 0 Å². The fourth-order valence-electron chi connectivity index (χ4n) is 0.919. The van der Waals surface area contributed by atoms with Crippen molar-refractivity contribution < 1.29 is 0 Å². The average molecular weight is 144 g/mol. The number of hydrogen-bond donors (Lipinski definition) is 1. The van der Waals surface area contributed by atoms with Gasteiger partial charge in [-0.05, 0) is 6.92 Å². The molecule has 0 aromatic carbocycles. The molecule has 0 saturated carbocycles. The van der Waals surface area contributed by atoms with Crippen molar-refractivity contribution in [3.05, 3.63) is 0 Å². The highest BCUT2D eigenvalue weighted by molar-refractivity contribution is 8.00. The lowest BCUT2D eigenvalue weighted by atomic mass is 10.4. The normalized spacial score (nSPS) is 20.6. The van der Waals surface area contributed by atoms with Crippen molar-refractivity contribution in [2.75, 3.05) is 24.6 Å². The summed E-state index contributed by atoms with van der Waals surface area (Å²) in [7, 11) is 0. The molecule has 0 atom stereocenters. The minimum absolute atomic E-state index is 0.800. The molecular weight excluding hydrogens is 132 g/mol. The van der Waals surface area contributed by atoms with Crippen LogP contribution in [-0.4, -0.2) is 35.3 Å². The lowest BCUT2D eigenvalue weighted by molar-refractivity contribution is 0.460. The number of rotatable bonds is 1. The topological polar surface area (TPSA) is 27.1 Å². The van der Waals surface area contributed by atoms with Gasteiger partial charge in [0.2, 0.25) is 0 Å². The van der Waals surface area contributed by atoms with E-state index in [0.717, 1.165) is 24.7 Å². The van der Waals surface area contributed by atoms with Crippen LogP contribution in [0, 0.1) is 5.41 Å². The first-order chi connectivity index (χ1) is 4.34. The Bertz CT molecular complexity index is 114. The van der Waals surface area contributed by atoms with Gasteiger partial charge in [-0.2, -0.15) is 11.8 Å². The minimum Gasteiger partial charge on any atom is -0.359 e. The van der Waals surface area contributed by atoms with E-state index in [4.69, 9.17) is 5.41 Å². The van der Waals surface area contributed by atoms with E-state index in [1.54, 1.807) is 0 Å². The van der Waals surface area contributed by atoms with Crippen LogP contribution in [0.15, 0.2) is 0 Å². The molecule has 0 spiro atoms. The standard InChI is InChI=1S/C6H12N2S/c1-2-8-3-4-9-5-6(8)7/h7H,2-5H2,1H3. The van der Waals surface area contributed by atoms with E-state index in [1.807, 2.05) is 11.8 Å². The third-order valence-electron chi connectivity index (χ3n) is 1.51. The van der Waals surface area contributed by atoms with Crippen molar-refractivity contribution in [1.82, 2.24) is 4.90 Å². The van der Waals surface area contributed by atoms with Crippen LogP contribution >= 0.6 is 11.8 Å². The Kier molecular flexibility index (Phi) is 2.39. The summed E-state index contributed by atoms with van der Waals surface area (Å²) >= 11 is 1.86. The van der Waals surface area contributed by atoms with Crippen LogP contribution in [-0.2, 0) is 0 Å². The Labute approximate surface area is 60.1 Å². The molecule has 0 radical (unpaired) electrons. The number of nitrogens with one attached hydrogen (secondary N) is 1. The molecule has 1 heterocycles. The summed E-state index contributed by atoms with van der Waals surface area (Å²) in [5.41, 5.74) is 0. The van der Waals surface area contributed by atoms with Gasteiger partial charge in [0.15, 0.2) is 0 Å². The van der Waals surface area contributed by atoms with Crippen LogP contribution in [0.4, 0.5) is 0 Å². The number of hydrogen-bond acceptors (Lipinski definition) is 2. The van der Waals surface area contributed by atoms with Crippen molar-refractivity contribution in [3.8, 4) is 0 Å². The number of nitrogens with zero attached hydrogens (tertiary/aromatic N) is 1. The van der Waals surface area contributed by atoms with Gasteiger partial charge in [-0.1, -0.05) is 0 Å². The van der Waals surface area contributed by atoms with Crippen molar-refractivity contribution in [3.63, 3.8) is 0 Å². The van der Waals surface area contributed by atoms with Gasteiger partial charge < -0.3 is 4.90 Å². The average Bonchev–Trinajstić information content (AvgIpc) is 1.89. The summed E-state index contributed by atoms with van der Waals surface area (Å²) in [5.74, 6) is 2.90. The van der Waals surface area contributed by atoms with Crippen molar-refractivity contribution in [2.24, 2.45) is 0 Å². The molecule has 0 unspecified atom stereocenters. The molecular formula is C6H12N2S. The maximum atomic E-state index is 7.45. The molecule has 1 aliphatic rings. The van der Waals surface area contributed by atoms with Crippen molar-refractivity contribution in [1.29, 1.82) is 5.41 Å². The molecule has 1 N–H and O–H groups in total. The smallest absolute Gasteiger partial charge is 0.106 e. The van der Waals surface area contributed by atoms with Gasteiger partial charge in [-0.15, -0.1) is 0 Å². The summed E-state index contributed by atoms with van der Waals surface area (Å²) in [5, 5.41) is 7.45. The predicted molar refractivity (Wildman–Crippen MR) is 42.3 cm³/mol. The predicted octanol–water partition coefficient (Wildman–Crippen LogP) is 1.03. The molecule has 9 heavy (non-hydrogen) atoms. The zero-order chi connectivity index (χ0) is 6.69. The Morgan fingerprint density at radius 2 is 2.56 bits per heavy atom. The first kappa shape index (κ1) is 6.93.